The van der Waals surface area contributed by atoms with Gasteiger partial charge in [0.05, 0.1) is 17.9 Å². The van der Waals surface area contributed by atoms with E-state index in [1.165, 1.54) is 17.8 Å². The molecule has 3 heterocycles. The van der Waals surface area contributed by atoms with Crippen molar-refractivity contribution in [2.45, 2.75) is 31.7 Å². The first-order chi connectivity index (χ1) is 16.9. The molecule has 9 heteroatoms. The van der Waals surface area contributed by atoms with Crippen LogP contribution in [0.1, 0.15) is 21.7 Å². The second-order valence-electron chi connectivity index (χ2n) is 8.45. The van der Waals surface area contributed by atoms with Crippen molar-refractivity contribution in [3.05, 3.63) is 77.4 Å². The van der Waals surface area contributed by atoms with Gasteiger partial charge in [0.15, 0.2) is 34.4 Å². The number of ether oxygens (including phenoxy) is 2. The van der Waals surface area contributed by atoms with Gasteiger partial charge in [-0.2, -0.15) is 0 Å². The Bertz CT molecular complexity index is 1400. The maximum atomic E-state index is 14.2. The van der Waals surface area contributed by atoms with Gasteiger partial charge in [0.1, 0.15) is 12.4 Å². The summed E-state index contributed by atoms with van der Waals surface area (Å²) in [6.07, 6.45) is -0.150. The van der Waals surface area contributed by atoms with E-state index in [2.05, 4.69) is 14.8 Å². The molecular weight excluding hydrogens is 467 g/mol. The van der Waals surface area contributed by atoms with E-state index >= 15 is 0 Å². The van der Waals surface area contributed by atoms with Gasteiger partial charge in [-0.1, -0.05) is 36.0 Å². The largest absolute Gasteiger partial charge is 0.486 e. The van der Waals surface area contributed by atoms with Gasteiger partial charge >= 0.3 is 0 Å². The molecule has 0 amide bonds. The van der Waals surface area contributed by atoms with Crippen LogP contribution in [-0.4, -0.2) is 43.6 Å². The number of hydrogen-bond acceptors (Lipinski definition) is 6. The number of carbonyl (C=O) groups is 1. The van der Waals surface area contributed by atoms with Crippen LogP contribution in [0.4, 0.5) is 4.39 Å². The Kier molecular flexibility index (Phi) is 6.34. The van der Waals surface area contributed by atoms with E-state index in [4.69, 9.17) is 9.47 Å². The van der Waals surface area contributed by atoms with Crippen LogP contribution in [0.3, 0.4) is 0 Å². The van der Waals surface area contributed by atoms with Crippen LogP contribution in [0.5, 0.6) is 11.5 Å². The van der Waals surface area contributed by atoms with Crippen LogP contribution >= 0.6 is 11.8 Å². The van der Waals surface area contributed by atoms with Crippen molar-refractivity contribution in [2.75, 3.05) is 12.4 Å². The number of Topliss-reactive ketones (excluding diaryl/α,β-unsaturated/α-hetero) is 1. The average molecular weight is 493 g/mol. The van der Waals surface area contributed by atoms with E-state index < -0.39 is 0 Å². The second-order valence-corrected chi connectivity index (χ2v) is 9.39. The Morgan fingerprint density at radius 1 is 1.11 bits per heavy atom. The minimum absolute atomic E-state index is 0.00375. The smallest absolute Gasteiger partial charge is 0.191 e. The Hall–Kier alpha value is -3.59. The summed E-state index contributed by atoms with van der Waals surface area (Å²) in [5.41, 5.74) is 2.92. The van der Waals surface area contributed by atoms with Gasteiger partial charge in [-0.15, -0.1) is 10.2 Å². The summed E-state index contributed by atoms with van der Waals surface area (Å²) >= 11 is 1.29. The molecule has 1 atom stereocenters. The lowest BCUT2D eigenvalue weighted by molar-refractivity contribution is 0.0777. The van der Waals surface area contributed by atoms with Crippen molar-refractivity contribution in [3.8, 4) is 22.9 Å². The summed E-state index contributed by atoms with van der Waals surface area (Å²) in [6.45, 7) is 4.96. The van der Waals surface area contributed by atoms with Gasteiger partial charge in [-0.3, -0.25) is 4.79 Å². The Morgan fingerprint density at radius 2 is 1.86 bits per heavy atom. The number of benzene rings is 2. The van der Waals surface area contributed by atoms with Gasteiger partial charge in [0, 0.05) is 24.0 Å². The van der Waals surface area contributed by atoms with Crippen LogP contribution in [-0.2, 0) is 13.6 Å². The molecule has 1 unspecified atom stereocenters. The van der Waals surface area contributed by atoms with Crippen LogP contribution < -0.4 is 9.47 Å². The van der Waals surface area contributed by atoms with E-state index in [0.29, 0.717) is 35.3 Å². The first kappa shape index (κ1) is 23.2. The van der Waals surface area contributed by atoms with E-state index in [-0.39, 0.29) is 23.5 Å². The van der Waals surface area contributed by atoms with Crippen LogP contribution in [0.15, 0.2) is 59.8 Å². The van der Waals surface area contributed by atoms with Gasteiger partial charge < -0.3 is 18.6 Å². The predicted molar refractivity (Wildman–Crippen MR) is 132 cm³/mol. The molecule has 1 aliphatic heterocycles. The fourth-order valence-electron chi connectivity index (χ4n) is 4.25. The van der Waals surface area contributed by atoms with Crippen LogP contribution in [0.2, 0.25) is 0 Å². The maximum Gasteiger partial charge on any atom is 0.191 e. The highest BCUT2D eigenvalue weighted by atomic mass is 32.2. The van der Waals surface area contributed by atoms with E-state index in [0.717, 1.165) is 22.9 Å². The quantitative estimate of drug-likeness (QED) is 0.271. The fraction of sp³-hybridized carbons (Fsp3) is 0.269. The summed E-state index contributed by atoms with van der Waals surface area (Å²) in [6, 6.07) is 16.0. The number of halogens is 1. The standard InChI is InChI=1S/C26H25FN4O3S/c1-16-12-20(17(2)31(16)13-18-14-33-23-10-6-7-11-24(23)34-18)22(32)15-35-26-29-28-25(30(26)3)19-8-4-5-9-21(19)27/h4-12,18H,13-15H2,1-3H3. The molecule has 0 spiro atoms. The van der Waals surface area contributed by atoms with Crippen LogP contribution in [0, 0.1) is 19.7 Å². The summed E-state index contributed by atoms with van der Waals surface area (Å²) in [5, 5.41) is 8.84. The third kappa shape index (κ3) is 4.55. The number of thioether (sulfide) groups is 1. The van der Waals surface area contributed by atoms with Crippen molar-refractivity contribution in [1.82, 2.24) is 19.3 Å². The SMILES string of the molecule is Cc1cc(C(=O)CSc2nnc(-c3ccccc3F)n2C)c(C)n1CC1COc2ccccc2O1. The molecule has 0 saturated heterocycles. The van der Waals surface area contributed by atoms with Gasteiger partial charge in [0.2, 0.25) is 0 Å². The number of rotatable bonds is 7. The molecule has 35 heavy (non-hydrogen) atoms. The normalized spacial score (nSPS) is 14.8. The molecule has 5 rings (SSSR count). The van der Waals surface area contributed by atoms with E-state index in [1.54, 1.807) is 29.8 Å². The van der Waals surface area contributed by atoms with Crippen LogP contribution in [0.25, 0.3) is 11.4 Å². The van der Waals surface area contributed by atoms with Crippen molar-refractivity contribution in [3.63, 3.8) is 0 Å². The van der Waals surface area contributed by atoms with Gasteiger partial charge in [0.25, 0.3) is 0 Å². The highest BCUT2D eigenvalue weighted by Gasteiger charge is 2.24. The molecule has 2 aromatic heterocycles. The highest BCUT2D eigenvalue weighted by molar-refractivity contribution is 7.99. The summed E-state index contributed by atoms with van der Waals surface area (Å²) in [5.74, 6) is 1.74. The van der Waals surface area contributed by atoms with Crippen molar-refractivity contribution in [1.29, 1.82) is 0 Å². The first-order valence-electron chi connectivity index (χ1n) is 11.3. The molecule has 7 nitrogen and oxygen atoms in total. The second kappa shape index (κ2) is 9.58. The zero-order chi connectivity index (χ0) is 24.5. The third-order valence-electron chi connectivity index (χ3n) is 6.11. The molecule has 0 saturated carbocycles. The Balaban J connectivity index is 1.27. The summed E-state index contributed by atoms with van der Waals surface area (Å²) < 4.78 is 29.9. The lowest BCUT2D eigenvalue weighted by Gasteiger charge is -2.27. The Labute approximate surface area is 206 Å². The summed E-state index contributed by atoms with van der Waals surface area (Å²) in [4.78, 5) is 13.1. The lowest BCUT2D eigenvalue weighted by Crippen LogP contribution is -2.33. The molecule has 0 aliphatic carbocycles. The zero-order valence-electron chi connectivity index (χ0n) is 19.7. The lowest BCUT2D eigenvalue weighted by atomic mass is 10.2. The number of para-hydroxylation sites is 2. The first-order valence-corrected chi connectivity index (χ1v) is 12.3. The molecule has 180 valence electrons. The van der Waals surface area contributed by atoms with E-state index in [9.17, 15) is 9.18 Å². The topological polar surface area (TPSA) is 71.2 Å². The van der Waals surface area contributed by atoms with Crippen molar-refractivity contribution in [2.24, 2.45) is 7.05 Å². The molecule has 1 aliphatic rings. The Morgan fingerprint density at radius 3 is 2.66 bits per heavy atom. The van der Waals surface area contributed by atoms with Crippen molar-refractivity contribution >= 4 is 17.5 Å². The number of nitrogens with zero attached hydrogens (tertiary/aromatic N) is 4. The predicted octanol–water partition coefficient (Wildman–Crippen LogP) is 4.85. The van der Waals surface area contributed by atoms with Gasteiger partial charge in [-0.05, 0) is 44.2 Å². The molecule has 0 bridgehead atoms. The highest BCUT2D eigenvalue weighted by Crippen LogP contribution is 2.32. The zero-order valence-corrected chi connectivity index (χ0v) is 20.5. The number of ketones is 1. The molecular formula is C26H25FN4O3S. The molecule has 0 N–H and O–H groups in total. The van der Waals surface area contributed by atoms with Gasteiger partial charge in [-0.25, -0.2) is 4.39 Å². The van der Waals surface area contributed by atoms with E-state index in [1.807, 2.05) is 44.2 Å². The molecule has 4 aromatic rings. The third-order valence-corrected chi connectivity index (χ3v) is 7.13. The number of carbonyl (C=O) groups excluding carboxylic acids is 1. The molecule has 0 fully saturated rings. The number of aromatic nitrogens is 4. The molecule has 2 aromatic carbocycles. The fourth-order valence-corrected chi connectivity index (χ4v) is 5.04. The number of fused-ring (bicyclic) bond motifs is 1. The van der Waals surface area contributed by atoms with Crippen molar-refractivity contribution < 1.29 is 18.7 Å². The molecule has 0 radical (unpaired) electrons. The maximum absolute atomic E-state index is 14.2. The number of hydrogen-bond donors (Lipinski definition) is 0. The minimum atomic E-state index is -0.362. The number of aryl methyl sites for hydroxylation is 1. The minimum Gasteiger partial charge on any atom is -0.486 e. The summed E-state index contributed by atoms with van der Waals surface area (Å²) in [7, 11) is 1.77. The monoisotopic (exact) mass is 492 g/mol. The average Bonchev–Trinajstić information content (AvgIpc) is 3.36.